The molecule has 2 aromatic rings. The summed E-state index contributed by atoms with van der Waals surface area (Å²) in [6.07, 6.45) is 2.29. The number of nitrogens with one attached hydrogen (secondary N) is 1. The van der Waals surface area contributed by atoms with Gasteiger partial charge in [-0.3, -0.25) is 18.9 Å². The van der Waals surface area contributed by atoms with Gasteiger partial charge in [-0.2, -0.15) is 10.6 Å². The fourth-order valence-corrected chi connectivity index (χ4v) is 7.43. The van der Waals surface area contributed by atoms with E-state index >= 15 is 0 Å². The van der Waals surface area contributed by atoms with Gasteiger partial charge in [-0.1, -0.05) is 11.6 Å². The Morgan fingerprint density at radius 3 is 2.74 bits per heavy atom. The summed E-state index contributed by atoms with van der Waals surface area (Å²) in [6.45, 7) is 5.06. The summed E-state index contributed by atoms with van der Waals surface area (Å²) in [7, 11) is -3.17. The first-order valence-electron chi connectivity index (χ1n) is 9.76. The second-order valence-electron chi connectivity index (χ2n) is 8.46. The lowest BCUT2D eigenvalue weighted by molar-refractivity contribution is 0.102. The summed E-state index contributed by atoms with van der Waals surface area (Å²) in [5.41, 5.74) is 6.14. The first kappa shape index (κ1) is 22.0. The number of aliphatic imine (C=N–C) groups is 1. The standard InChI is InChI=1S/C21H24ClFN4O3S/c1-11-8-12(22)10-25-17(11)18(28)26-13-4-5-15(23)14(9-13)21(3)16-6-7-20(2,19(24)27-21)31(16,29)30/h4-5,8-10,16,29-30H,6-7H2,1-3H3,(H2,24,27)(H,26,28)/t16-,20+,21+/m0/s1. The monoisotopic (exact) mass is 466 g/mol. The van der Waals surface area contributed by atoms with E-state index in [-0.39, 0.29) is 17.1 Å². The lowest BCUT2D eigenvalue weighted by Crippen LogP contribution is -2.53. The molecule has 7 nitrogen and oxygen atoms in total. The van der Waals surface area contributed by atoms with Gasteiger partial charge in [0.15, 0.2) is 0 Å². The van der Waals surface area contributed by atoms with E-state index in [1.807, 2.05) is 0 Å². The minimum absolute atomic E-state index is 0.110. The molecule has 0 spiro atoms. The molecule has 2 aliphatic rings. The van der Waals surface area contributed by atoms with E-state index in [4.69, 9.17) is 17.3 Å². The number of nitrogens with zero attached hydrogens (tertiary/aromatic N) is 2. The SMILES string of the molecule is Cc1cc(Cl)cnc1C(=O)Nc1ccc(F)c([C@@]2(C)N=C(N)[C@@]3(C)CC[C@@H]2S3(O)O)c1. The van der Waals surface area contributed by atoms with Gasteiger partial charge in [0.25, 0.3) is 5.91 Å². The molecule has 1 aromatic heterocycles. The van der Waals surface area contributed by atoms with Crippen molar-refractivity contribution in [1.82, 2.24) is 4.98 Å². The van der Waals surface area contributed by atoms with Crippen LogP contribution in [0.4, 0.5) is 10.1 Å². The van der Waals surface area contributed by atoms with Gasteiger partial charge in [0.05, 0.1) is 10.3 Å². The van der Waals surface area contributed by atoms with Crippen LogP contribution in [0.3, 0.4) is 0 Å². The van der Waals surface area contributed by atoms with Crippen molar-refractivity contribution in [3.63, 3.8) is 0 Å². The molecule has 1 amide bonds. The number of rotatable bonds is 3. The first-order valence-corrected chi connectivity index (χ1v) is 11.7. The van der Waals surface area contributed by atoms with Crippen LogP contribution in [-0.4, -0.2) is 35.8 Å². The highest BCUT2D eigenvalue weighted by molar-refractivity contribution is 8.26. The van der Waals surface area contributed by atoms with Gasteiger partial charge in [0.1, 0.15) is 27.6 Å². The van der Waals surface area contributed by atoms with Gasteiger partial charge in [-0.05, 0) is 63.4 Å². The number of hydrogen-bond acceptors (Lipinski definition) is 6. The van der Waals surface area contributed by atoms with Gasteiger partial charge in [-0.25, -0.2) is 9.37 Å². The molecule has 4 rings (SSSR count). The molecule has 1 fully saturated rings. The second-order valence-corrected chi connectivity index (χ2v) is 11.6. The molecule has 10 heteroatoms. The molecule has 0 unspecified atom stereocenters. The molecular weight excluding hydrogens is 443 g/mol. The van der Waals surface area contributed by atoms with E-state index in [1.165, 1.54) is 24.4 Å². The van der Waals surface area contributed by atoms with Gasteiger partial charge in [0, 0.05) is 17.4 Å². The Labute approximate surface area is 186 Å². The van der Waals surface area contributed by atoms with Gasteiger partial charge in [-0.15, -0.1) is 0 Å². The van der Waals surface area contributed by atoms with E-state index < -0.39 is 37.9 Å². The number of aryl methyl sites for hydroxylation is 1. The third-order valence-corrected chi connectivity index (χ3v) is 9.93. The molecule has 2 bridgehead atoms. The lowest BCUT2D eigenvalue weighted by atomic mass is 9.86. The third-order valence-electron chi connectivity index (χ3n) is 6.49. The van der Waals surface area contributed by atoms with Crippen molar-refractivity contribution in [2.45, 2.75) is 49.1 Å². The average Bonchev–Trinajstić information content (AvgIpc) is 2.86. The van der Waals surface area contributed by atoms with E-state index in [0.717, 1.165) is 0 Å². The molecule has 31 heavy (non-hydrogen) atoms. The number of aromatic nitrogens is 1. The minimum Gasteiger partial charge on any atom is -0.386 e. The number of carbonyl (C=O) groups excluding carboxylic acids is 1. The molecular formula is C21H24ClFN4O3S. The molecule has 0 aliphatic carbocycles. The summed E-state index contributed by atoms with van der Waals surface area (Å²) in [4.78, 5) is 21.3. The summed E-state index contributed by atoms with van der Waals surface area (Å²) < 4.78 is 35.9. The number of nitrogens with two attached hydrogens (primary N) is 1. The van der Waals surface area contributed by atoms with Crippen molar-refractivity contribution < 1.29 is 18.3 Å². The van der Waals surface area contributed by atoms with Crippen molar-refractivity contribution in [3.05, 3.63) is 58.1 Å². The molecule has 0 radical (unpaired) electrons. The molecule has 1 aromatic carbocycles. The van der Waals surface area contributed by atoms with Crippen LogP contribution in [0.15, 0.2) is 35.5 Å². The molecule has 3 atom stereocenters. The van der Waals surface area contributed by atoms with Crippen LogP contribution in [-0.2, 0) is 5.54 Å². The third kappa shape index (κ3) is 3.22. The van der Waals surface area contributed by atoms with Gasteiger partial charge in [0.2, 0.25) is 0 Å². The van der Waals surface area contributed by atoms with Crippen LogP contribution in [0.25, 0.3) is 0 Å². The maximum atomic E-state index is 15.0. The van der Waals surface area contributed by atoms with Crippen molar-refractivity contribution in [3.8, 4) is 0 Å². The van der Waals surface area contributed by atoms with Crippen molar-refractivity contribution >= 4 is 39.6 Å². The Morgan fingerprint density at radius 1 is 1.35 bits per heavy atom. The summed E-state index contributed by atoms with van der Waals surface area (Å²) in [5.74, 6) is -0.927. The summed E-state index contributed by atoms with van der Waals surface area (Å²) >= 11 is 5.90. The molecule has 0 saturated carbocycles. The van der Waals surface area contributed by atoms with Crippen LogP contribution in [0.2, 0.25) is 5.02 Å². The van der Waals surface area contributed by atoms with Crippen LogP contribution in [0, 0.1) is 12.7 Å². The zero-order chi connectivity index (χ0) is 22.8. The maximum absolute atomic E-state index is 15.0. The quantitative estimate of drug-likeness (QED) is 0.522. The zero-order valence-electron chi connectivity index (χ0n) is 17.3. The highest BCUT2D eigenvalue weighted by Gasteiger charge is 2.62. The number of benzene rings is 1. The normalized spacial score (nSPS) is 29.9. The van der Waals surface area contributed by atoms with Crippen LogP contribution in [0.5, 0.6) is 0 Å². The molecule has 3 heterocycles. The average molecular weight is 467 g/mol. The van der Waals surface area contributed by atoms with Crippen LogP contribution < -0.4 is 11.1 Å². The van der Waals surface area contributed by atoms with Crippen molar-refractivity contribution in [2.75, 3.05) is 5.32 Å². The summed E-state index contributed by atoms with van der Waals surface area (Å²) in [5, 5.41) is 2.45. The van der Waals surface area contributed by atoms with E-state index in [1.54, 1.807) is 26.8 Å². The predicted molar refractivity (Wildman–Crippen MR) is 122 cm³/mol. The number of halogens is 2. The Balaban J connectivity index is 1.73. The number of amides is 1. The van der Waals surface area contributed by atoms with Gasteiger partial charge < -0.3 is 11.1 Å². The zero-order valence-corrected chi connectivity index (χ0v) is 18.9. The topological polar surface area (TPSA) is 121 Å². The number of hydrogen-bond donors (Lipinski definition) is 4. The Bertz CT molecular complexity index is 1130. The fourth-order valence-electron chi connectivity index (χ4n) is 4.55. The fraction of sp³-hybridized carbons (Fsp3) is 0.381. The molecule has 166 valence electrons. The lowest BCUT2D eigenvalue weighted by Gasteiger charge is -2.54. The Morgan fingerprint density at radius 2 is 2.06 bits per heavy atom. The maximum Gasteiger partial charge on any atom is 0.274 e. The Kier molecular flexibility index (Phi) is 5.09. The van der Waals surface area contributed by atoms with E-state index in [9.17, 15) is 18.3 Å². The van der Waals surface area contributed by atoms with Crippen LogP contribution >= 0.6 is 22.2 Å². The highest BCUT2D eigenvalue weighted by Crippen LogP contribution is 2.71. The number of carbonyl (C=O) groups is 1. The first-order chi connectivity index (χ1) is 14.4. The van der Waals surface area contributed by atoms with Crippen LogP contribution in [0.1, 0.15) is 48.3 Å². The minimum atomic E-state index is -3.17. The van der Waals surface area contributed by atoms with Crippen molar-refractivity contribution in [2.24, 2.45) is 10.7 Å². The van der Waals surface area contributed by atoms with E-state index in [2.05, 4.69) is 15.3 Å². The highest BCUT2D eigenvalue weighted by atomic mass is 35.5. The molecule has 5 N–H and O–H groups in total. The number of pyridine rings is 1. The van der Waals surface area contributed by atoms with Crippen molar-refractivity contribution in [1.29, 1.82) is 0 Å². The number of amidine groups is 1. The molecule has 2 aliphatic heterocycles. The number of fused-ring (bicyclic) bond motifs is 2. The predicted octanol–water partition coefficient (Wildman–Crippen LogP) is 4.69. The second kappa shape index (κ2) is 7.16. The number of anilines is 1. The summed E-state index contributed by atoms with van der Waals surface area (Å²) in [6, 6.07) is 5.74. The Hall–Kier alpha value is -2.20. The molecule has 1 saturated heterocycles. The smallest absolute Gasteiger partial charge is 0.274 e. The largest absolute Gasteiger partial charge is 0.386 e. The van der Waals surface area contributed by atoms with Gasteiger partial charge >= 0.3 is 0 Å². The van der Waals surface area contributed by atoms with E-state index in [0.29, 0.717) is 29.1 Å².